The van der Waals surface area contributed by atoms with Crippen LogP contribution in [0.4, 0.5) is 0 Å². The molecule has 0 aromatic heterocycles. The maximum Gasteiger partial charge on any atom is 0.315 e. The monoisotopic (exact) mass is 213 g/mol. The first-order valence-electron chi connectivity index (χ1n) is 5.03. The van der Waals surface area contributed by atoms with E-state index in [-0.39, 0.29) is 17.8 Å². The van der Waals surface area contributed by atoms with Crippen molar-refractivity contribution in [2.24, 2.45) is 11.8 Å². The predicted molar refractivity (Wildman–Crippen MR) is 57.9 cm³/mol. The number of carbonyl (C=O) groups is 2. The highest BCUT2D eigenvalue weighted by molar-refractivity contribution is 5.80. The van der Waals surface area contributed by atoms with Gasteiger partial charge < -0.3 is 10.1 Å². The molecule has 1 amide bonds. The number of esters is 1. The van der Waals surface area contributed by atoms with Gasteiger partial charge in [-0.05, 0) is 12.8 Å². The molecule has 0 aliphatic carbocycles. The lowest BCUT2D eigenvalue weighted by Gasteiger charge is -2.21. The highest BCUT2D eigenvalue weighted by atomic mass is 16.5. The first-order valence-corrected chi connectivity index (χ1v) is 5.03. The molecule has 0 aliphatic heterocycles. The molecule has 0 fully saturated rings. The summed E-state index contributed by atoms with van der Waals surface area (Å²) in [7, 11) is 0. The summed E-state index contributed by atoms with van der Waals surface area (Å²) in [5.74, 6) is -1.00. The Morgan fingerprint density at radius 2 is 1.93 bits per heavy atom. The summed E-state index contributed by atoms with van der Waals surface area (Å²) in [4.78, 5) is 22.4. The summed E-state index contributed by atoms with van der Waals surface area (Å²) in [6.07, 6.45) is 0. The van der Waals surface area contributed by atoms with E-state index < -0.39 is 5.92 Å². The Bertz CT molecular complexity index is 259. The van der Waals surface area contributed by atoms with E-state index in [4.69, 9.17) is 4.74 Å². The van der Waals surface area contributed by atoms with Crippen molar-refractivity contribution in [1.82, 2.24) is 5.32 Å². The first kappa shape index (κ1) is 13.7. The van der Waals surface area contributed by atoms with Crippen molar-refractivity contribution in [2.45, 2.75) is 27.7 Å². The Balaban J connectivity index is 4.58. The molecule has 1 atom stereocenters. The van der Waals surface area contributed by atoms with Crippen molar-refractivity contribution in [3.8, 4) is 0 Å². The van der Waals surface area contributed by atoms with Crippen molar-refractivity contribution in [3.05, 3.63) is 12.3 Å². The lowest BCUT2D eigenvalue weighted by molar-refractivity contribution is -0.148. The third kappa shape index (κ3) is 4.63. The number of ether oxygens (including phenoxy) is 1. The number of carbonyl (C=O) groups excluding carboxylic acids is 2. The molecule has 1 unspecified atom stereocenters. The van der Waals surface area contributed by atoms with E-state index in [0.29, 0.717) is 12.3 Å². The number of amides is 1. The third-order valence-electron chi connectivity index (χ3n) is 1.92. The Morgan fingerprint density at radius 1 is 1.40 bits per heavy atom. The average Bonchev–Trinajstić information content (AvgIpc) is 2.01. The molecule has 1 N–H and O–H groups in total. The van der Waals surface area contributed by atoms with Gasteiger partial charge in [-0.1, -0.05) is 20.4 Å². The van der Waals surface area contributed by atoms with Gasteiger partial charge in [-0.15, -0.1) is 0 Å². The zero-order valence-electron chi connectivity index (χ0n) is 9.79. The smallest absolute Gasteiger partial charge is 0.315 e. The van der Waals surface area contributed by atoms with Gasteiger partial charge in [-0.2, -0.15) is 0 Å². The molecule has 0 bridgehead atoms. The third-order valence-corrected chi connectivity index (χ3v) is 1.92. The molecular weight excluding hydrogens is 194 g/mol. The van der Waals surface area contributed by atoms with Crippen LogP contribution in [0.5, 0.6) is 0 Å². The van der Waals surface area contributed by atoms with Gasteiger partial charge in [0.05, 0.1) is 12.5 Å². The number of rotatable bonds is 5. The minimum Gasteiger partial charge on any atom is -0.465 e. The lowest BCUT2D eigenvalue weighted by atomic mass is 9.93. The van der Waals surface area contributed by atoms with E-state index in [1.54, 1.807) is 6.92 Å². The second kappa shape index (κ2) is 6.22. The fourth-order valence-electron chi connectivity index (χ4n) is 1.35. The largest absolute Gasteiger partial charge is 0.465 e. The molecule has 0 saturated carbocycles. The number of hydrogen-bond donors (Lipinski definition) is 1. The fourth-order valence-corrected chi connectivity index (χ4v) is 1.35. The molecular formula is C11H19NO3. The Kier molecular flexibility index (Phi) is 5.67. The van der Waals surface area contributed by atoms with Gasteiger partial charge in [-0.25, -0.2) is 0 Å². The topological polar surface area (TPSA) is 55.4 Å². The highest BCUT2D eigenvalue weighted by Gasteiger charge is 2.26. The summed E-state index contributed by atoms with van der Waals surface area (Å²) in [5, 5.41) is 2.53. The maximum absolute atomic E-state index is 11.6. The minimum absolute atomic E-state index is 0.0448. The molecule has 4 heteroatoms. The Morgan fingerprint density at radius 3 is 2.27 bits per heavy atom. The van der Waals surface area contributed by atoms with Crippen LogP contribution < -0.4 is 5.32 Å². The van der Waals surface area contributed by atoms with E-state index in [1.807, 2.05) is 13.8 Å². The maximum atomic E-state index is 11.6. The zero-order valence-corrected chi connectivity index (χ0v) is 9.79. The van der Waals surface area contributed by atoms with Crippen LogP contribution in [0.25, 0.3) is 0 Å². The van der Waals surface area contributed by atoms with Gasteiger partial charge in [-0.3, -0.25) is 9.59 Å². The highest BCUT2D eigenvalue weighted by Crippen LogP contribution is 2.19. The van der Waals surface area contributed by atoms with Crippen molar-refractivity contribution in [2.75, 3.05) is 6.61 Å². The van der Waals surface area contributed by atoms with Gasteiger partial charge in [0, 0.05) is 12.6 Å². The molecule has 0 saturated heterocycles. The molecule has 86 valence electrons. The van der Waals surface area contributed by atoms with E-state index in [0.717, 1.165) is 0 Å². The van der Waals surface area contributed by atoms with Crippen molar-refractivity contribution < 1.29 is 14.3 Å². The second-order valence-corrected chi connectivity index (χ2v) is 3.68. The SMILES string of the molecule is C=C(NC(C)=O)C(C(=O)OCC)C(C)C. The number of hydrogen-bond acceptors (Lipinski definition) is 3. The number of nitrogens with one attached hydrogen (secondary N) is 1. The Hall–Kier alpha value is -1.32. The zero-order chi connectivity index (χ0) is 12.0. The van der Waals surface area contributed by atoms with E-state index in [9.17, 15) is 9.59 Å². The summed E-state index contributed by atoms with van der Waals surface area (Å²) < 4.78 is 4.92. The van der Waals surface area contributed by atoms with E-state index in [2.05, 4.69) is 11.9 Å². The van der Waals surface area contributed by atoms with Crippen LogP contribution in [0.2, 0.25) is 0 Å². The Labute approximate surface area is 90.7 Å². The molecule has 0 aromatic carbocycles. The van der Waals surface area contributed by atoms with Crippen LogP contribution in [-0.2, 0) is 14.3 Å². The molecule has 15 heavy (non-hydrogen) atoms. The predicted octanol–water partition coefficient (Wildman–Crippen LogP) is 1.47. The molecule has 0 aromatic rings. The van der Waals surface area contributed by atoms with Gasteiger partial charge in [0.25, 0.3) is 0 Å². The van der Waals surface area contributed by atoms with Crippen LogP contribution in [-0.4, -0.2) is 18.5 Å². The molecule has 0 heterocycles. The summed E-state index contributed by atoms with van der Waals surface area (Å²) >= 11 is 0. The van der Waals surface area contributed by atoms with Crippen LogP contribution >= 0.6 is 0 Å². The summed E-state index contributed by atoms with van der Waals surface area (Å²) in [5.41, 5.74) is 0.399. The van der Waals surface area contributed by atoms with Gasteiger partial charge in [0.2, 0.25) is 5.91 Å². The summed E-state index contributed by atoms with van der Waals surface area (Å²) in [6, 6.07) is 0. The van der Waals surface area contributed by atoms with Crippen molar-refractivity contribution in [1.29, 1.82) is 0 Å². The van der Waals surface area contributed by atoms with Crippen LogP contribution in [0, 0.1) is 11.8 Å². The van der Waals surface area contributed by atoms with Gasteiger partial charge in [0.15, 0.2) is 0 Å². The minimum atomic E-state index is -0.478. The van der Waals surface area contributed by atoms with Crippen LogP contribution in [0.1, 0.15) is 27.7 Å². The second-order valence-electron chi connectivity index (χ2n) is 3.68. The summed E-state index contributed by atoms with van der Waals surface area (Å²) in [6.45, 7) is 10.9. The average molecular weight is 213 g/mol. The van der Waals surface area contributed by atoms with Gasteiger partial charge >= 0.3 is 5.97 Å². The quantitative estimate of drug-likeness (QED) is 0.704. The van der Waals surface area contributed by atoms with E-state index >= 15 is 0 Å². The first-order chi connectivity index (χ1) is 6.90. The standard InChI is InChI=1S/C11H19NO3/c1-6-15-11(14)10(7(2)3)8(4)12-9(5)13/h7,10H,4,6H2,1-3,5H3,(H,12,13). The fraction of sp³-hybridized carbons (Fsp3) is 0.636. The molecule has 0 aliphatic rings. The molecule has 0 rings (SSSR count). The molecule has 0 spiro atoms. The van der Waals surface area contributed by atoms with Crippen LogP contribution in [0.15, 0.2) is 12.3 Å². The van der Waals surface area contributed by atoms with Crippen molar-refractivity contribution >= 4 is 11.9 Å². The molecule has 0 radical (unpaired) electrons. The van der Waals surface area contributed by atoms with Gasteiger partial charge in [0.1, 0.15) is 0 Å². The molecule has 4 nitrogen and oxygen atoms in total. The van der Waals surface area contributed by atoms with Crippen molar-refractivity contribution in [3.63, 3.8) is 0 Å². The van der Waals surface area contributed by atoms with Crippen LogP contribution in [0.3, 0.4) is 0 Å². The normalized spacial score (nSPS) is 12.1. The van der Waals surface area contributed by atoms with E-state index in [1.165, 1.54) is 6.92 Å². The lowest BCUT2D eigenvalue weighted by Crippen LogP contribution is -2.32.